The highest BCUT2D eigenvalue weighted by Crippen LogP contribution is 2.35. The zero-order valence-electron chi connectivity index (χ0n) is 23.6. The highest BCUT2D eigenvalue weighted by Gasteiger charge is 2.23. The largest absolute Gasteiger partial charge is 0.488 e. The lowest BCUT2D eigenvalue weighted by Crippen LogP contribution is -2.46. The van der Waals surface area contributed by atoms with Crippen molar-refractivity contribution >= 4 is 11.4 Å². The van der Waals surface area contributed by atoms with Gasteiger partial charge in [0.15, 0.2) is 5.69 Å². The Hall–Kier alpha value is -3.69. The Balaban J connectivity index is 1.27. The summed E-state index contributed by atoms with van der Waals surface area (Å²) in [5, 5.41) is 28.9. The molecule has 214 valence electrons. The van der Waals surface area contributed by atoms with Gasteiger partial charge in [-0.3, -0.25) is 10.1 Å². The summed E-state index contributed by atoms with van der Waals surface area (Å²) >= 11 is 0. The molecular weight excluding hydrogens is 508 g/mol. The number of aliphatic hydroxyl groups excluding tert-OH is 1. The van der Waals surface area contributed by atoms with Crippen molar-refractivity contribution in [3.63, 3.8) is 0 Å². The molecule has 0 bridgehead atoms. The van der Waals surface area contributed by atoms with E-state index in [9.17, 15) is 15.2 Å². The molecule has 0 spiro atoms. The number of anilines is 1. The first kappa shape index (κ1) is 29.3. The molecule has 9 nitrogen and oxygen atoms in total. The van der Waals surface area contributed by atoms with Crippen LogP contribution in [0.4, 0.5) is 11.4 Å². The lowest BCUT2D eigenvalue weighted by Gasteiger charge is -2.28. The minimum atomic E-state index is -0.793. The van der Waals surface area contributed by atoms with Crippen LogP contribution >= 0.6 is 0 Å². The molecule has 0 radical (unpaired) electrons. The number of ether oxygens (including phenoxy) is 2. The lowest BCUT2D eigenvalue weighted by atomic mass is 9.94. The molecule has 40 heavy (non-hydrogen) atoms. The van der Waals surface area contributed by atoms with Gasteiger partial charge in [-0.25, -0.2) is 4.98 Å². The zero-order valence-corrected chi connectivity index (χ0v) is 23.6. The number of nitrogens with one attached hydrogen (secondary N) is 2. The van der Waals surface area contributed by atoms with Crippen molar-refractivity contribution in [2.24, 2.45) is 5.92 Å². The van der Waals surface area contributed by atoms with Crippen molar-refractivity contribution in [1.29, 1.82) is 0 Å². The Bertz CT molecular complexity index is 1260. The quantitative estimate of drug-likeness (QED) is 0.165. The molecule has 2 aromatic carbocycles. The van der Waals surface area contributed by atoms with Crippen LogP contribution < -0.4 is 20.1 Å². The summed E-state index contributed by atoms with van der Waals surface area (Å²) in [6.07, 6.45) is 6.32. The van der Waals surface area contributed by atoms with Gasteiger partial charge in [-0.05, 0) is 75.8 Å². The van der Waals surface area contributed by atoms with Crippen LogP contribution in [0.2, 0.25) is 0 Å². The maximum Gasteiger partial charge on any atom is 0.296 e. The second-order valence-corrected chi connectivity index (χ2v) is 11.2. The number of hydrogen-bond donors (Lipinski definition) is 3. The van der Waals surface area contributed by atoms with E-state index in [2.05, 4.69) is 29.5 Å². The predicted molar refractivity (Wildman–Crippen MR) is 156 cm³/mol. The standard InChI is InChI=1S/C31H40N4O5/c1-22-8-7-17-32-30(22)40-26-15-13-23(14-16-26)18-31(2,3)34-20-25(36)21-39-28-12-6-11-27(35(37)38)29(28)33-19-24-9-4-5-10-24/h6-8,11-17,24-25,33-34,36H,4-5,9-10,18-21H2,1-3H3/t25-/m0/s1. The number of aromatic nitrogens is 1. The van der Waals surface area contributed by atoms with E-state index in [-0.39, 0.29) is 17.8 Å². The van der Waals surface area contributed by atoms with Gasteiger partial charge in [0, 0.05) is 36.5 Å². The van der Waals surface area contributed by atoms with E-state index in [4.69, 9.17) is 9.47 Å². The molecule has 1 atom stereocenters. The van der Waals surface area contributed by atoms with Gasteiger partial charge in [0.05, 0.1) is 4.92 Å². The Kier molecular flexibility index (Phi) is 9.95. The molecule has 0 saturated heterocycles. The first-order valence-electron chi connectivity index (χ1n) is 14.0. The predicted octanol–water partition coefficient (Wildman–Crippen LogP) is 6.04. The number of nitro groups is 1. The molecule has 3 N–H and O–H groups in total. The van der Waals surface area contributed by atoms with Gasteiger partial charge in [0.25, 0.3) is 5.69 Å². The molecule has 4 rings (SSSR count). The van der Waals surface area contributed by atoms with Crippen LogP contribution in [0.15, 0.2) is 60.8 Å². The van der Waals surface area contributed by atoms with Crippen LogP contribution in [-0.2, 0) is 6.42 Å². The maximum absolute atomic E-state index is 11.6. The Labute approximate surface area is 236 Å². The highest BCUT2D eigenvalue weighted by atomic mass is 16.6. The number of para-hydroxylation sites is 1. The van der Waals surface area contributed by atoms with Crippen molar-refractivity contribution in [2.45, 2.75) is 64.5 Å². The summed E-state index contributed by atoms with van der Waals surface area (Å²) in [5.41, 5.74) is 2.17. The maximum atomic E-state index is 11.6. The average molecular weight is 549 g/mol. The Morgan fingerprint density at radius 2 is 1.88 bits per heavy atom. The van der Waals surface area contributed by atoms with Gasteiger partial charge in [-0.1, -0.05) is 37.1 Å². The Morgan fingerprint density at radius 3 is 2.58 bits per heavy atom. The van der Waals surface area contributed by atoms with E-state index in [1.807, 2.05) is 43.3 Å². The minimum absolute atomic E-state index is 0.0152. The fourth-order valence-corrected chi connectivity index (χ4v) is 5.01. The number of nitrogens with zero attached hydrogens (tertiary/aromatic N) is 2. The van der Waals surface area contributed by atoms with Crippen molar-refractivity contribution in [2.75, 3.05) is 25.0 Å². The Morgan fingerprint density at radius 1 is 1.12 bits per heavy atom. The summed E-state index contributed by atoms with van der Waals surface area (Å²) in [5.74, 6) is 2.21. The van der Waals surface area contributed by atoms with Crippen LogP contribution in [0.3, 0.4) is 0 Å². The molecule has 1 heterocycles. The summed E-state index contributed by atoms with van der Waals surface area (Å²) in [4.78, 5) is 15.5. The number of aliphatic hydroxyl groups is 1. The second-order valence-electron chi connectivity index (χ2n) is 11.2. The fourth-order valence-electron chi connectivity index (χ4n) is 5.01. The molecule has 1 aliphatic carbocycles. The molecule has 3 aromatic rings. The van der Waals surface area contributed by atoms with E-state index in [1.54, 1.807) is 18.3 Å². The number of benzene rings is 2. The highest BCUT2D eigenvalue weighted by molar-refractivity contribution is 5.70. The normalized spacial score (nSPS) is 14.6. The van der Waals surface area contributed by atoms with Crippen molar-refractivity contribution in [3.05, 3.63) is 82.0 Å². The van der Waals surface area contributed by atoms with Gasteiger partial charge in [-0.2, -0.15) is 0 Å². The van der Waals surface area contributed by atoms with Crippen molar-refractivity contribution in [1.82, 2.24) is 10.3 Å². The lowest BCUT2D eigenvalue weighted by molar-refractivity contribution is -0.384. The first-order chi connectivity index (χ1) is 19.2. The summed E-state index contributed by atoms with van der Waals surface area (Å²) < 4.78 is 11.8. The van der Waals surface area contributed by atoms with Gasteiger partial charge >= 0.3 is 0 Å². The van der Waals surface area contributed by atoms with Gasteiger partial charge < -0.3 is 25.2 Å². The SMILES string of the molecule is Cc1cccnc1Oc1ccc(CC(C)(C)NC[C@H](O)COc2cccc([N+](=O)[O-])c2NCC2CCCC2)cc1. The molecule has 1 fully saturated rings. The second kappa shape index (κ2) is 13.6. The number of hydrogen-bond acceptors (Lipinski definition) is 8. The molecule has 1 saturated carbocycles. The van der Waals surface area contributed by atoms with E-state index >= 15 is 0 Å². The van der Waals surface area contributed by atoms with E-state index in [0.29, 0.717) is 36.3 Å². The van der Waals surface area contributed by atoms with Crippen LogP contribution in [0.1, 0.15) is 50.7 Å². The molecule has 9 heteroatoms. The molecule has 0 unspecified atom stereocenters. The average Bonchev–Trinajstić information content (AvgIpc) is 3.45. The number of aryl methyl sites for hydroxylation is 1. The van der Waals surface area contributed by atoms with Crippen LogP contribution in [0.25, 0.3) is 0 Å². The smallest absolute Gasteiger partial charge is 0.296 e. The third-order valence-electron chi connectivity index (χ3n) is 7.24. The molecule has 0 amide bonds. The molecular formula is C31H40N4O5. The summed E-state index contributed by atoms with van der Waals surface area (Å²) in [6.45, 7) is 7.12. The topological polar surface area (TPSA) is 119 Å². The number of rotatable bonds is 14. The van der Waals surface area contributed by atoms with Crippen LogP contribution in [0.5, 0.6) is 17.4 Å². The van der Waals surface area contributed by atoms with Crippen molar-refractivity contribution in [3.8, 4) is 17.4 Å². The van der Waals surface area contributed by atoms with Crippen LogP contribution in [0, 0.1) is 23.0 Å². The van der Waals surface area contributed by atoms with E-state index < -0.39 is 11.0 Å². The minimum Gasteiger partial charge on any atom is -0.488 e. The third kappa shape index (κ3) is 8.40. The molecule has 0 aliphatic heterocycles. The summed E-state index contributed by atoms with van der Waals surface area (Å²) in [7, 11) is 0. The monoisotopic (exact) mass is 548 g/mol. The van der Waals surface area contributed by atoms with E-state index in [1.165, 1.54) is 18.9 Å². The third-order valence-corrected chi connectivity index (χ3v) is 7.24. The van der Waals surface area contributed by atoms with E-state index in [0.717, 1.165) is 36.1 Å². The molecule has 1 aromatic heterocycles. The van der Waals surface area contributed by atoms with Crippen LogP contribution in [-0.4, -0.2) is 46.4 Å². The van der Waals surface area contributed by atoms with Gasteiger partial charge in [0.1, 0.15) is 24.2 Å². The van der Waals surface area contributed by atoms with Crippen molar-refractivity contribution < 1.29 is 19.5 Å². The number of β-amino-alcohol motifs (C(OH)–C–C–N with tert-alkyl or cyclic N) is 1. The molecule has 1 aliphatic rings. The number of nitro benzene ring substituents is 1. The number of pyridine rings is 1. The fraction of sp³-hybridized carbons (Fsp3) is 0.452. The summed E-state index contributed by atoms with van der Waals surface area (Å²) in [6, 6.07) is 16.5. The first-order valence-corrected chi connectivity index (χ1v) is 14.0. The van der Waals surface area contributed by atoms with Gasteiger partial charge in [0.2, 0.25) is 5.88 Å². The van der Waals surface area contributed by atoms with Gasteiger partial charge in [-0.15, -0.1) is 0 Å². The zero-order chi connectivity index (χ0) is 28.5.